The third kappa shape index (κ3) is 1.89. The number of benzene rings is 2. The van der Waals surface area contributed by atoms with Crippen LogP contribution in [0.1, 0.15) is 10.4 Å². The van der Waals surface area contributed by atoms with Crippen LogP contribution in [-0.2, 0) is 10.1 Å². The van der Waals surface area contributed by atoms with Crippen LogP contribution in [0, 0.1) is 0 Å². The number of anilines is 1. The Kier molecular flexibility index (Phi) is 2.72. The zero-order valence-corrected chi connectivity index (χ0v) is 9.81. The van der Waals surface area contributed by atoms with Crippen LogP contribution in [0.5, 0.6) is 0 Å². The van der Waals surface area contributed by atoms with Gasteiger partial charge in [-0.1, -0.05) is 24.3 Å². The van der Waals surface area contributed by atoms with Gasteiger partial charge >= 0.3 is 5.97 Å². The number of hydrogen-bond acceptors (Lipinski definition) is 4. The van der Waals surface area contributed by atoms with Gasteiger partial charge in [0.2, 0.25) is 0 Å². The van der Waals surface area contributed by atoms with Gasteiger partial charge in [0.15, 0.2) is 0 Å². The van der Waals surface area contributed by atoms with Crippen molar-refractivity contribution in [3.63, 3.8) is 0 Å². The summed E-state index contributed by atoms with van der Waals surface area (Å²) in [6, 6.07) is 6.95. The van der Waals surface area contributed by atoms with Crippen LogP contribution >= 0.6 is 0 Å². The normalized spacial score (nSPS) is 11.6. The van der Waals surface area contributed by atoms with Crippen LogP contribution in [0.2, 0.25) is 0 Å². The van der Waals surface area contributed by atoms with Crippen molar-refractivity contribution >= 4 is 32.5 Å². The van der Waals surface area contributed by atoms with Crippen molar-refractivity contribution in [2.24, 2.45) is 0 Å². The first-order valence-corrected chi connectivity index (χ1v) is 6.28. The fourth-order valence-corrected chi connectivity index (χ4v) is 2.48. The van der Waals surface area contributed by atoms with E-state index in [1.54, 1.807) is 12.1 Å². The Labute approximate surface area is 102 Å². The second-order valence-corrected chi connectivity index (χ2v) is 5.05. The zero-order valence-electron chi connectivity index (χ0n) is 8.99. The molecule has 2 rings (SSSR count). The van der Waals surface area contributed by atoms with Crippen LogP contribution in [0.3, 0.4) is 0 Å². The molecule has 4 N–H and O–H groups in total. The third-order valence-corrected chi connectivity index (χ3v) is 3.45. The largest absolute Gasteiger partial charge is 0.478 e. The second kappa shape index (κ2) is 3.97. The maximum atomic E-state index is 11.3. The second-order valence-electron chi connectivity index (χ2n) is 3.66. The lowest BCUT2D eigenvalue weighted by Gasteiger charge is -2.09. The van der Waals surface area contributed by atoms with E-state index in [2.05, 4.69) is 0 Å². The van der Waals surface area contributed by atoms with Crippen LogP contribution in [-0.4, -0.2) is 24.0 Å². The predicted molar refractivity (Wildman–Crippen MR) is 65.1 cm³/mol. The first-order chi connectivity index (χ1) is 8.32. The number of carboxylic acid groups (broad SMARTS) is 1. The van der Waals surface area contributed by atoms with Gasteiger partial charge in [-0.05, 0) is 6.07 Å². The molecule has 0 radical (unpaired) electrons. The number of carboxylic acids is 1. The standard InChI is InChI=1S/C11H9NO5S/c12-10-7-4-2-1-3-6(7)9(18(15,16)17)5-8(10)11(13)14/h1-5H,12H2,(H,13,14)(H,15,16,17). The summed E-state index contributed by atoms with van der Waals surface area (Å²) >= 11 is 0. The van der Waals surface area contributed by atoms with Gasteiger partial charge in [0.1, 0.15) is 4.90 Å². The highest BCUT2D eigenvalue weighted by molar-refractivity contribution is 7.86. The molecule has 0 aliphatic carbocycles. The molecule has 7 heteroatoms. The molecule has 0 bridgehead atoms. The molecule has 0 fully saturated rings. The van der Waals surface area contributed by atoms with Crippen molar-refractivity contribution in [3.8, 4) is 0 Å². The summed E-state index contributed by atoms with van der Waals surface area (Å²) in [7, 11) is -4.52. The molecular weight excluding hydrogens is 258 g/mol. The first kappa shape index (κ1) is 12.3. The van der Waals surface area contributed by atoms with Gasteiger partial charge in [-0.15, -0.1) is 0 Å². The Hall–Kier alpha value is -2.12. The molecule has 0 spiro atoms. The molecule has 0 amide bonds. The van der Waals surface area contributed by atoms with E-state index in [0.29, 0.717) is 0 Å². The molecule has 0 aliphatic heterocycles. The molecule has 94 valence electrons. The Morgan fingerprint density at radius 3 is 2.22 bits per heavy atom. The molecule has 6 nitrogen and oxygen atoms in total. The Balaban J connectivity index is 3.03. The van der Waals surface area contributed by atoms with E-state index < -0.39 is 21.0 Å². The lowest BCUT2D eigenvalue weighted by atomic mass is 10.0. The van der Waals surface area contributed by atoms with E-state index in [4.69, 9.17) is 15.4 Å². The summed E-state index contributed by atoms with van der Waals surface area (Å²) in [6.07, 6.45) is 0. The topological polar surface area (TPSA) is 118 Å². The van der Waals surface area contributed by atoms with Gasteiger partial charge in [0.25, 0.3) is 10.1 Å². The summed E-state index contributed by atoms with van der Waals surface area (Å²) in [5.74, 6) is -1.36. The average molecular weight is 267 g/mol. The van der Waals surface area contributed by atoms with Crippen LogP contribution in [0.4, 0.5) is 5.69 Å². The number of fused-ring (bicyclic) bond motifs is 1. The minimum atomic E-state index is -4.52. The minimum Gasteiger partial charge on any atom is -0.478 e. The third-order valence-electron chi connectivity index (χ3n) is 2.56. The number of nitrogens with two attached hydrogens (primary N) is 1. The van der Waals surface area contributed by atoms with Gasteiger partial charge in [-0.3, -0.25) is 4.55 Å². The molecule has 0 atom stereocenters. The lowest BCUT2D eigenvalue weighted by molar-refractivity contribution is 0.0698. The number of carbonyl (C=O) groups is 1. The smallest absolute Gasteiger partial charge is 0.337 e. The van der Waals surface area contributed by atoms with E-state index in [-0.39, 0.29) is 22.0 Å². The summed E-state index contributed by atoms with van der Waals surface area (Å²) in [5.41, 5.74) is 5.28. The molecule has 0 heterocycles. The van der Waals surface area contributed by atoms with E-state index in [0.717, 1.165) is 6.07 Å². The first-order valence-electron chi connectivity index (χ1n) is 4.84. The SMILES string of the molecule is Nc1c(C(=O)O)cc(S(=O)(=O)O)c2ccccc12. The van der Waals surface area contributed by atoms with Gasteiger partial charge in [-0.2, -0.15) is 8.42 Å². The Bertz CT molecular complexity index is 751. The van der Waals surface area contributed by atoms with Crippen molar-refractivity contribution in [2.75, 3.05) is 5.73 Å². The average Bonchev–Trinajstić information content (AvgIpc) is 2.27. The molecule has 2 aromatic rings. The molecule has 18 heavy (non-hydrogen) atoms. The van der Waals surface area contributed by atoms with Crippen molar-refractivity contribution in [3.05, 3.63) is 35.9 Å². The molecule has 0 saturated carbocycles. The maximum Gasteiger partial charge on any atom is 0.337 e. The van der Waals surface area contributed by atoms with E-state index >= 15 is 0 Å². The van der Waals surface area contributed by atoms with E-state index in [9.17, 15) is 13.2 Å². The molecule has 0 saturated heterocycles. The molecular formula is C11H9NO5S. The highest BCUT2D eigenvalue weighted by Crippen LogP contribution is 2.31. The van der Waals surface area contributed by atoms with Crippen molar-refractivity contribution in [2.45, 2.75) is 4.90 Å². The van der Waals surface area contributed by atoms with Gasteiger partial charge in [0.05, 0.1) is 11.3 Å². The highest BCUT2D eigenvalue weighted by Gasteiger charge is 2.20. The van der Waals surface area contributed by atoms with Gasteiger partial charge in [-0.25, -0.2) is 4.79 Å². The fourth-order valence-electron chi connectivity index (χ4n) is 1.75. The number of rotatable bonds is 2. The molecule has 2 aromatic carbocycles. The van der Waals surface area contributed by atoms with Crippen LogP contribution in [0.25, 0.3) is 10.8 Å². The fraction of sp³-hybridized carbons (Fsp3) is 0. The van der Waals surface area contributed by atoms with E-state index in [1.807, 2.05) is 0 Å². The number of nitrogen functional groups attached to an aromatic ring is 1. The summed E-state index contributed by atoms with van der Waals surface area (Å²) in [5, 5.41) is 9.41. The summed E-state index contributed by atoms with van der Waals surface area (Å²) < 4.78 is 31.6. The van der Waals surface area contributed by atoms with Crippen LogP contribution in [0.15, 0.2) is 35.2 Å². The van der Waals surface area contributed by atoms with Crippen molar-refractivity contribution in [1.82, 2.24) is 0 Å². The van der Waals surface area contributed by atoms with Gasteiger partial charge < -0.3 is 10.8 Å². The maximum absolute atomic E-state index is 11.3. The van der Waals surface area contributed by atoms with E-state index in [1.165, 1.54) is 12.1 Å². The summed E-state index contributed by atoms with van der Waals surface area (Å²) in [6.45, 7) is 0. The monoisotopic (exact) mass is 267 g/mol. The predicted octanol–water partition coefficient (Wildman–Crippen LogP) is 1.37. The zero-order chi connectivity index (χ0) is 13.5. The Morgan fingerprint density at radius 1 is 1.17 bits per heavy atom. The number of hydrogen-bond donors (Lipinski definition) is 3. The minimum absolute atomic E-state index is 0.0366. The summed E-state index contributed by atoms with van der Waals surface area (Å²) in [4.78, 5) is 10.5. The Morgan fingerprint density at radius 2 is 1.72 bits per heavy atom. The van der Waals surface area contributed by atoms with Gasteiger partial charge in [0, 0.05) is 10.8 Å². The van der Waals surface area contributed by atoms with Crippen molar-refractivity contribution < 1.29 is 22.9 Å². The lowest BCUT2D eigenvalue weighted by Crippen LogP contribution is -2.07. The van der Waals surface area contributed by atoms with Crippen LogP contribution < -0.4 is 5.73 Å². The number of aromatic carboxylic acids is 1. The van der Waals surface area contributed by atoms with Crippen molar-refractivity contribution in [1.29, 1.82) is 0 Å². The highest BCUT2D eigenvalue weighted by atomic mass is 32.2. The quantitative estimate of drug-likeness (QED) is 0.558. The molecule has 0 aromatic heterocycles. The molecule has 0 aliphatic rings. The molecule has 0 unspecified atom stereocenters.